The molecule has 0 saturated heterocycles. The summed E-state index contributed by atoms with van der Waals surface area (Å²) in [4.78, 5) is 20.7. The Kier molecular flexibility index (Phi) is 3.50. The molecule has 19 heavy (non-hydrogen) atoms. The lowest BCUT2D eigenvalue weighted by Crippen LogP contribution is -2.24. The lowest BCUT2D eigenvalue weighted by atomic mass is 9.98. The fourth-order valence-electron chi connectivity index (χ4n) is 1.15. The third-order valence-electron chi connectivity index (χ3n) is 2.17. The van der Waals surface area contributed by atoms with Crippen LogP contribution < -0.4 is 0 Å². The summed E-state index contributed by atoms with van der Waals surface area (Å²) in [5.41, 5.74) is -0.0511. The molecule has 2 aromatic heterocycles. The molecule has 0 N–H and O–H groups in total. The Balaban J connectivity index is 2.01. The van der Waals surface area contributed by atoms with Crippen molar-refractivity contribution in [3.05, 3.63) is 18.6 Å². The molecule has 0 unspecified atom stereocenters. The van der Waals surface area contributed by atoms with Crippen LogP contribution in [0.5, 0.6) is 0 Å². The van der Waals surface area contributed by atoms with Crippen LogP contribution in [0.25, 0.3) is 11.5 Å². The van der Waals surface area contributed by atoms with Crippen LogP contribution in [0.2, 0.25) is 0 Å². The van der Waals surface area contributed by atoms with Gasteiger partial charge in [-0.2, -0.15) is 0 Å². The number of hydrogen-bond acceptors (Lipinski definition) is 7. The average Bonchev–Trinajstić information content (AvgIpc) is 2.84. The molecule has 0 radical (unpaired) electrons. The van der Waals surface area contributed by atoms with Crippen LogP contribution in [0.1, 0.15) is 20.8 Å². The smallest absolute Gasteiger partial charge is 0.313 e. The van der Waals surface area contributed by atoms with Crippen molar-refractivity contribution in [2.75, 3.05) is 0 Å². The Hall–Kier alpha value is -2.38. The van der Waals surface area contributed by atoms with E-state index < -0.39 is 5.41 Å². The highest BCUT2D eigenvalue weighted by Crippen LogP contribution is 2.15. The summed E-state index contributed by atoms with van der Waals surface area (Å²) in [6.07, 6.45) is 4.62. The molecule has 8 nitrogen and oxygen atoms in total. The zero-order valence-corrected chi connectivity index (χ0v) is 10.9. The molecule has 2 heterocycles. The number of aromatic nitrogens is 6. The lowest BCUT2D eigenvalue weighted by Gasteiger charge is -2.15. The molecule has 0 spiro atoms. The topological polar surface area (TPSA) is 95.7 Å². The summed E-state index contributed by atoms with van der Waals surface area (Å²) in [5.74, 6) is 0.00533. The van der Waals surface area contributed by atoms with Crippen molar-refractivity contribution in [2.24, 2.45) is 5.41 Å². The van der Waals surface area contributed by atoms with Crippen molar-refractivity contribution in [1.29, 1.82) is 0 Å². The van der Waals surface area contributed by atoms with Crippen LogP contribution in [0.15, 0.2) is 18.6 Å². The van der Waals surface area contributed by atoms with E-state index >= 15 is 0 Å². The first-order valence-corrected chi connectivity index (χ1v) is 5.68. The second-order valence-corrected chi connectivity index (χ2v) is 4.89. The molecular formula is C11H14N6O2. The van der Waals surface area contributed by atoms with Gasteiger partial charge in [0.25, 0.3) is 0 Å². The SMILES string of the molecule is CC(C)(C)C(=O)OCn1nnc(-c2cnccn2)n1. The van der Waals surface area contributed by atoms with Gasteiger partial charge < -0.3 is 4.74 Å². The number of ether oxygens (including phenoxy) is 1. The Morgan fingerprint density at radius 3 is 2.79 bits per heavy atom. The lowest BCUT2D eigenvalue weighted by molar-refractivity contribution is -0.157. The van der Waals surface area contributed by atoms with Crippen LogP contribution in [-0.4, -0.2) is 36.1 Å². The number of esters is 1. The van der Waals surface area contributed by atoms with E-state index in [0.717, 1.165) is 0 Å². The molecule has 0 aliphatic carbocycles. The zero-order valence-electron chi connectivity index (χ0n) is 10.9. The Labute approximate surface area is 109 Å². The van der Waals surface area contributed by atoms with E-state index in [1.807, 2.05) is 0 Å². The number of nitrogens with zero attached hydrogens (tertiary/aromatic N) is 6. The highest BCUT2D eigenvalue weighted by Gasteiger charge is 2.23. The molecule has 2 rings (SSSR count). The molecule has 0 aliphatic heterocycles. The second-order valence-electron chi connectivity index (χ2n) is 4.89. The molecule has 0 fully saturated rings. The first-order chi connectivity index (χ1) is 8.97. The van der Waals surface area contributed by atoms with Gasteiger partial charge in [-0.05, 0) is 26.0 Å². The molecule has 0 saturated carbocycles. The Morgan fingerprint density at radius 1 is 1.37 bits per heavy atom. The first-order valence-electron chi connectivity index (χ1n) is 5.68. The third kappa shape index (κ3) is 3.30. The maximum atomic E-state index is 11.6. The van der Waals surface area contributed by atoms with Gasteiger partial charge in [0, 0.05) is 12.4 Å². The van der Waals surface area contributed by atoms with Crippen LogP contribution >= 0.6 is 0 Å². The van der Waals surface area contributed by atoms with Gasteiger partial charge >= 0.3 is 5.97 Å². The maximum Gasteiger partial charge on any atom is 0.313 e. The van der Waals surface area contributed by atoms with Gasteiger partial charge in [-0.25, -0.2) is 4.98 Å². The molecule has 0 bridgehead atoms. The minimum atomic E-state index is -0.561. The molecule has 100 valence electrons. The summed E-state index contributed by atoms with van der Waals surface area (Å²) in [6, 6.07) is 0. The van der Waals surface area contributed by atoms with Crippen molar-refractivity contribution < 1.29 is 9.53 Å². The molecule has 0 amide bonds. The van der Waals surface area contributed by atoms with E-state index in [1.54, 1.807) is 27.0 Å². The molecule has 8 heteroatoms. The fraction of sp³-hybridized carbons (Fsp3) is 0.455. The maximum absolute atomic E-state index is 11.6. The fourth-order valence-corrected chi connectivity index (χ4v) is 1.15. The minimum absolute atomic E-state index is 0.0800. The van der Waals surface area contributed by atoms with Gasteiger partial charge in [-0.1, -0.05) is 0 Å². The van der Waals surface area contributed by atoms with Crippen molar-refractivity contribution in [3.63, 3.8) is 0 Å². The standard InChI is InChI=1S/C11H14N6O2/c1-11(2,3)10(18)19-7-17-15-9(14-16-17)8-6-12-4-5-13-8/h4-6H,7H2,1-3H3. The van der Waals surface area contributed by atoms with Crippen molar-refractivity contribution >= 4 is 5.97 Å². The number of rotatable bonds is 3. The third-order valence-corrected chi connectivity index (χ3v) is 2.17. The predicted molar refractivity (Wildman–Crippen MR) is 64.4 cm³/mol. The van der Waals surface area contributed by atoms with Crippen molar-refractivity contribution in [3.8, 4) is 11.5 Å². The number of carbonyl (C=O) groups excluding carboxylic acids is 1. The van der Waals surface area contributed by atoms with Crippen LogP contribution in [0.3, 0.4) is 0 Å². The number of carbonyl (C=O) groups is 1. The zero-order chi connectivity index (χ0) is 13.9. The summed E-state index contributed by atoms with van der Waals surface area (Å²) in [5, 5.41) is 11.6. The van der Waals surface area contributed by atoms with E-state index in [-0.39, 0.29) is 12.7 Å². The van der Waals surface area contributed by atoms with E-state index in [2.05, 4.69) is 25.4 Å². The van der Waals surface area contributed by atoms with Crippen molar-refractivity contribution in [2.45, 2.75) is 27.5 Å². The number of hydrogen-bond donors (Lipinski definition) is 0. The van der Waals surface area contributed by atoms with Gasteiger partial charge in [0.15, 0.2) is 0 Å². The van der Waals surface area contributed by atoms with Gasteiger partial charge in [-0.15, -0.1) is 15.0 Å². The summed E-state index contributed by atoms with van der Waals surface area (Å²) in [6.45, 7) is 5.24. The van der Waals surface area contributed by atoms with E-state index in [4.69, 9.17) is 4.74 Å². The molecule has 2 aromatic rings. The summed E-state index contributed by atoms with van der Waals surface area (Å²) >= 11 is 0. The summed E-state index contributed by atoms with van der Waals surface area (Å²) in [7, 11) is 0. The van der Waals surface area contributed by atoms with Gasteiger partial charge in [0.2, 0.25) is 12.6 Å². The Morgan fingerprint density at radius 2 is 2.16 bits per heavy atom. The molecule has 0 aliphatic rings. The van der Waals surface area contributed by atoms with Gasteiger partial charge in [0.05, 0.1) is 11.6 Å². The Bertz CT molecular complexity index is 560. The second kappa shape index (κ2) is 5.09. The van der Waals surface area contributed by atoms with Gasteiger partial charge in [-0.3, -0.25) is 9.78 Å². The monoisotopic (exact) mass is 262 g/mol. The minimum Gasteiger partial charge on any atom is -0.440 e. The summed E-state index contributed by atoms with van der Waals surface area (Å²) < 4.78 is 5.06. The number of tetrazole rings is 1. The predicted octanol–water partition coefficient (Wildman–Crippen LogP) is 0.677. The largest absolute Gasteiger partial charge is 0.440 e. The molecule has 0 atom stereocenters. The quantitative estimate of drug-likeness (QED) is 0.750. The van der Waals surface area contributed by atoms with Crippen LogP contribution in [0.4, 0.5) is 0 Å². The van der Waals surface area contributed by atoms with E-state index in [9.17, 15) is 4.79 Å². The normalized spacial score (nSPS) is 11.3. The average molecular weight is 262 g/mol. The van der Waals surface area contributed by atoms with Crippen LogP contribution in [0, 0.1) is 5.41 Å². The molecular weight excluding hydrogens is 248 g/mol. The first kappa shape index (κ1) is 13.1. The molecule has 0 aromatic carbocycles. The van der Waals surface area contributed by atoms with Crippen LogP contribution in [-0.2, 0) is 16.3 Å². The van der Waals surface area contributed by atoms with Gasteiger partial charge in [0.1, 0.15) is 5.69 Å². The van der Waals surface area contributed by atoms with E-state index in [1.165, 1.54) is 17.2 Å². The van der Waals surface area contributed by atoms with Crippen molar-refractivity contribution in [1.82, 2.24) is 30.2 Å². The highest BCUT2D eigenvalue weighted by molar-refractivity contribution is 5.75. The highest BCUT2D eigenvalue weighted by atomic mass is 16.5. The van der Waals surface area contributed by atoms with E-state index in [0.29, 0.717) is 11.5 Å².